The number of ether oxygens (including phenoxy) is 1. The monoisotopic (exact) mass is 505 g/mol. The summed E-state index contributed by atoms with van der Waals surface area (Å²) < 4.78 is 44.7. The molecule has 1 heterocycles. The number of hydrogen-bond donors (Lipinski definition) is 2. The standard InChI is InChI=1S/C22H15BrF3N3O3/c1-32-16-7-6-13(24)8-14(16)22(31)28-10-11-2-4-12(5-3-11)18-15(9-27)20(30)17(23)19(29-18)21(25)26/h2-8,21H,10H2,1H3,(H,28,31)(H,29,30). The van der Waals surface area contributed by atoms with Gasteiger partial charge >= 0.3 is 0 Å². The lowest BCUT2D eigenvalue weighted by Crippen LogP contribution is -2.23. The number of amides is 1. The molecule has 0 radical (unpaired) electrons. The van der Waals surface area contributed by atoms with Gasteiger partial charge in [0, 0.05) is 12.1 Å². The Balaban J connectivity index is 1.83. The maximum atomic E-state index is 13.5. The Labute approximate surface area is 189 Å². The number of nitrogens with one attached hydrogen (secondary N) is 1. The zero-order chi connectivity index (χ0) is 23.4. The summed E-state index contributed by atoms with van der Waals surface area (Å²) in [6.07, 6.45) is -2.96. The Morgan fingerprint density at radius 1 is 1.28 bits per heavy atom. The second kappa shape index (κ2) is 9.70. The van der Waals surface area contributed by atoms with E-state index in [0.29, 0.717) is 11.1 Å². The van der Waals surface area contributed by atoms with Crippen molar-refractivity contribution in [3.05, 3.63) is 75.1 Å². The average molecular weight is 506 g/mol. The van der Waals surface area contributed by atoms with E-state index in [9.17, 15) is 28.3 Å². The van der Waals surface area contributed by atoms with Crippen molar-refractivity contribution >= 4 is 21.8 Å². The van der Waals surface area contributed by atoms with Crippen LogP contribution < -0.4 is 10.1 Å². The van der Waals surface area contributed by atoms with Crippen LogP contribution in [0.25, 0.3) is 11.3 Å². The van der Waals surface area contributed by atoms with Gasteiger partial charge in [-0.2, -0.15) is 5.26 Å². The summed E-state index contributed by atoms with van der Waals surface area (Å²) in [6.45, 7) is 0.0885. The highest BCUT2D eigenvalue weighted by molar-refractivity contribution is 9.10. The highest BCUT2D eigenvalue weighted by Gasteiger charge is 2.24. The van der Waals surface area contributed by atoms with Crippen molar-refractivity contribution in [1.29, 1.82) is 5.26 Å². The molecule has 0 saturated heterocycles. The van der Waals surface area contributed by atoms with Gasteiger partial charge in [0.2, 0.25) is 0 Å². The molecule has 164 valence electrons. The molecule has 1 aromatic heterocycles. The molecule has 3 rings (SSSR count). The molecule has 0 fully saturated rings. The first-order chi connectivity index (χ1) is 15.3. The molecular formula is C22H15BrF3N3O3. The fourth-order valence-electron chi connectivity index (χ4n) is 2.94. The summed E-state index contributed by atoms with van der Waals surface area (Å²) in [5.74, 6) is -1.52. The number of aromatic hydroxyl groups is 1. The summed E-state index contributed by atoms with van der Waals surface area (Å²) in [6, 6.07) is 11.6. The third-order valence-corrected chi connectivity index (χ3v) is 5.33. The van der Waals surface area contributed by atoms with Gasteiger partial charge in [-0.1, -0.05) is 24.3 Å². The van der Waals surface area contributed by atoms with Crippen molar-refractivity contribution in [2.45, 2.75) is 13.0 Å². The molecule has 1 amide bonds. The Morgan fingerprint density at radius 3 is 2.56 bits per heavy atom. The number of carbonyl (C=O) groups is 1. The highest BCUT2D eigenvalue weighted by atomic mass is 79.9. The molecule has 0 spiro atoms. The molecule has 0 aliphatic carbocycles. The molecule has 0 saturated carbocycles. The predicted molar refractivity (Wildman–Crippen MR) is 113 cm³/mol. The first-order valence-corrected chi connectivity index (χ1v) is 9.87. The molecule has 2 aromatic carbocycles. The number of halogens is 4. The normalized spacial score (nSPS) is 10.7. The minimum atomic E-state index is -2.96. The van der Waals surface area contributed by atoms with Gasteiger partial charge in [0.05, 0.1) is 22.8 Å². The van der Waals surface area contributed by atoms with Crippen LogP contribution in [0.3, 0.4) is 0 Å². The molecular weight excluding hydrogens is 491 g/mol. The van der Waals surface area contributed by atoms with Crippen LogP contribution >= 0.6 is 15.9 Å². The maximum Gasteiger partial charge on any atom is 0.281 e. The number of hydrogen-bond acceptors (Lipinski definition) is 5. The zero-order valence-corrected chi connectivity index (χ0v) is 18.1. The van der Waals surface area contributed by atoms with Gasteiger partial charge in [0.15, 0.2) is 5.75 Å². The summed E-state index contributed by atoms with van der Waals surface area (Å²) in [4.78, 5) is 16.2. The smallest absolute Gasteiger partial charge is 0.281 e. The van der Waals surface area contributed by atoms with Crippen molar-refractivity contribution in [2.75, 3.05) is 7.11 Å². The fourth-order valence-corrected chi connectivity index (χ4v) is 3.40. The van der Waals surface area contributed by atoms with E-state index in [2.05, 4.69) is 26.2 Å². The van der Waals surface area contributed by atoms with E-state index in [-0.39, 0.29) is 33.6 Å². The minimum Gasteiger partial charge on any atom is -0.505 e. The Bertz CT molecular complexity index is 1210. The van der Waals surface area contributed by atoms with E-state index in [0.717, 1.165) is 6.07 Å². The second-order valence-corrected chi connectivity index (χ2v) is 7.31. The van der Waals surface area contributed by atoms with Gasteiger partial charge in [0.1, 0.15) is 28.9 Å². The van der Waals surface area contributed by atoms with Crippen LogP contribution in [0.4, 0.5) is 13.2 Å². The average Bonchev–Trinajstić information content (AvgIpc) is 2.79. The first-order valence-electron chi connectivity index (χ1n) is 9.08. The topological polar surface area (TPSA) is 95.2 Å². The number of nitriles is 1. The van der Waals surface area contributed by atoms with E-state index in [1.54, 1.807) is 18.2 Å². The second-order valence-electron chi connectivity index (χ2n) is 6.52. The fraction of sp³-hybridized carbons (Fsp3) is 0.136. The van der Waals surface area contributed by atoms with Crippen LogP contribution in [0.15, 0.2) is 46.9 Å². The number of pyridine rings is 1. The molecule has 0 bridgehead atoms. The third-order valence-electron chi connectivity index (χ3n) is 4.54. The van der Waals surface area contributed by atoms with Gasteiger partial charge in [-0.25, -0.2) is 18.2 Å². The Hall–Kier alpha value is -3.58. The molecule has 32 heavy (non-hydrogen) atoms. The molecule has 10 heteroatoms. The van der Waals surface area contributed by atoms with E-state index in [1.165, 1.54) is 31.4 Å². The minimum absolute atomic E-state index is 0.0387. The molecule has 0 aliphatic rings. The first kappa shape index (κ1) is 23.1. The predicted octanol–water partition coefficient (Wildman–Crippen LogP) is 5.10. The Morgan fingerprint density at radius 2 is 1.97 bits per heavy atom. The maximum absolute atomic E-state index is 13.5. The molecule has 0 aliphatic heterocycles. The van der Waals surface area contributed by atoms with E-state index >= 15 is 0 Å². The van der Waals surface area contributed by atoms with Gasteiger partial charge in [0.25, 0.3) is 12.3 Å². The lowest BCUT2D eigenvalue weighted by Gasteiger charge is -2.12. The van der Waals surface area contributed by atoms with Gasteiger partial charge < -0.3 is 15.2 Å². The van der Waals surface area contributed by atoms with E-state index in [1.807, 2.05) is 0 Å². The quantitative estimate of drug-likeness (QED) is 0.485. The largest absolute Gasteiger partial charge is 0.505 e. The van der Waals surface area contributed by atoms with Crippen molar-refractivity contribution in [1.82, 2.24) is 10.3 Å². The van der Waals surface area contributed by atoms with Crippen LogP contribution in [0.5, 0.6) is 11.5 Å². The molecule has 2 N–H and O–H groups in total. The van der Waals surface area contributed by atoms with Crippen LogP contribution in [0, 0.1) is 17.1 Å². The SMILES string of the molecule is COc1ccc(F)cc1C(=O)NCc1ccc(-c2nc(C(F)F)c(Br)c(O)c2C#N)cc1. The lowest BCUT2D eigenvalue weighted by atomic mass is 10.0. The van der Waals surface area contributed by atoms with Crippen LogP contribution in [-0.2, 0) is 6.54 Å². The summed E-state index contributed by atoms with van der Waals surface area (Å²) in [5, 5.41) is 22.1. The molecule has 6 nitrogen and oxygen atoms in total. The zero-order valence-electron chi connectivity index (χ0n) is 16.5. The number of alkyl halides is 2. The molecule has 3 aromatic rings. The highest BCUT2D eigenvalue weighted by Crippen LogP contribution is 2.39. The van der Waals surface area contributed by atoms with E-state index in [4.69, 9.17) is 4.74 Å². The van der Waals surface area contributed by atoms with Gasteiger partial charge in [-0.05, 0) is 39.7 Å². The third kappa shape index (κ3) is 4.68. The van der Waals surface area contributed by atoms with Crippen molar-refractivity contribution in [3.63, 3.8) is 0 Å². The number of aromatic nitrogens is 1. The van der Waals surface area contributed by atoms with Crippen LogP contribution in [0.1, 0.15) is 33.6 Å². The Kier molecular flexibility index (Phi) is 7.00. The number of carbonyl (C=O) groups excluding carboxylic acids is 1. The van der Waals surface area contributed by atoms with E-state index < -0.39 is 29.6 Å². The summed E-state index contributed by atoms with van der Waals surface area (Å²) >= 11 is 2.84. The number of benzene rings is 2. The van der Waals surface area contributed by atoms with Crippen LogP contribution in [-0.4, -0.2) is 23.1 Å². The summed E-state index contributed by atoms with van der Waals surface area (Å²) in [5.41, 5.74) is -0.0163. The van der Waals surface area contributed by atoms with Gasteiger partial charge in [-0.15, -0.1) is 0 Å². The number of nitrogens with zero attached hydrogens (tertiary/aromatic N) is 2. The van der Waals surface area contributed by atoms with Crippen molar-refractivity contribution in [2.24, 2.45) is 0 Å². The van der Waals surface area contributed by atoms with Crippen molar-refractivity contribution in [3.8, 4) is 28.8 Å². The number of rotatable bonds is 6. The molecule has 0 atom stereocenters. The summed E-state index contributed by atoms with van der Waals surface area (Å²) in [7, 11) is 1.37. The van der Waals surface area contributed by atoms with Gasteiger partial charge in [-0.3, -0.25) is 4.79 Å². The lowest BCUT2D eigenvalue weighted by molar-refractivity contribution is 0.0947. The van der Waals surface area contributed by atoms with Crippen LogP contribution in [0.2, 0.25) is 0 Å². The number of methoxy groups -OCH3 is 1. The van der Waals surface area contributed by atoms with Crippen molar-refractivity contribution < 1.29 is 27.8 Å². The molecule has 0 unspecified atom stereocenters.